The van der Waals surface area contributed by atoms with Crippen molar-refractivity contribution in [1.82, 2.24) is 9.97 Å². The van der Waals surface area contributed by atoms with E-state index < -0.39 is 0 Å². The van der Waals surface area contributed by atoms with E-state index in [1.807, 2.05) is 41.8 Å². The summed E-state index contributed by atoms with van der Waals surface area (Å²) in [5, 5.41) is 5.77. The second kappa shape index (κ2) is 6.54. The second-order valence-corrected chi connectivity index (χ2v) is 5.95. The summed E-state index contributed by atoms with van der Waals surface area (Å²) in [6.45, 7) is 5.32. The summed E-state index contributed by atoms with van der Waals surface area (Å²) in [7, 11) is 0. The molecule has 0 bridgehead atoms. The van der Waals surface area contributed by atoms with Crippen LogP contribution < -0.4 is 5.32 Å². The van der Waals surface area contributed by atoms with Crippen molar-refractivity contribution in [1.29, 1.82) is 0 Å². The Morgan fingerprint density at radius 1 is 1.17 bits per heavy atom. The van der Waals surface area contributed by atoms with Gasteiger partial charge >= 0.3 is 0 Å². The lowest BCUT2D eigenvalue weighted by atomic mass is 10.1. The smallest absolute Gasteiger partial charge is 0.250 e. The molecule has 3 rings (SSSR count). The van der Waals surface area contributed by atoms with E-state index in [-0.39, 0.29) is 5.91 Å². The van der Waals surface area contributed by atoms with Gasteiger partial charge in [0, 0.05) is 40.2 Å². The Kier molecular flexibility index (Phi) is 4.30. The van der Waals surface area contributed by atoms with E-state index in [0.717, 1.165) is 27.5 Å². The molecule has 0 atom stereocenters. The number of anilines is 1. The molecule has 4 nitrogen and oxygen atoms in total. The highest BCUT2D eigenvalue weighted by Gasteiger charge is 2.08. The van der Waals surface area contributed by atoms with Crippen molar-refractivity contribution in [2.75, 3.05) is 5.32 Å². The van der Waals surface area contributed by atoms with E-state index >= 15 is 0 Å². The molecule has 0 unspecified atom stereocenters. The fraction of sp³-hybridized carbons (Fsp3) is 0.0556. The first-order valence-corrected chi connectivity index (χ1v) is 7.94. The van der Waals surface area contributed by atoms with E-state index in [1.165, 1.54) is 0 Å². The van der Waals surface area contributed by atoms with Crippen LogP contribution in [0.4, 0.5) is 5.69 Å². The van der Waals surface area contributed by atoms with Gasteiger partial charge < -0.3 is 5.32 Å². The zero-order chi connectivity index (χ0) is 16.2. The SMILES string of the molecule is C=C(C)C(=O)Nc1cccc(-c2csc(-c3ccncc3)n2)c1. The van der Waals surface area contributed by atoms with Gasteiger partial charge in [-0.1, -0.05) is 18.7 Å². The summed E-state index contributed by atoms with van der Waals surface area (Å²) in [5.74, 6) is -0.182. The van der Waals surface area contributed by atoms with Gasteiger partial charge in [-0.25, -0.2) is 4.98 Å². The molecular weight excluding hydrogens is 306 g/mol. The van der Waals surface area contributed by atoms with E-state index in [1.54, 1.807) is 30.7 Å². The number of benzene rings is 1. The molecule has 0 aliphatic rings. The highest BCUT2D eigenvalue weighted by Crippen LogP contribution is 2.29. The molecule has 0 radical (unpaired) electrons. The van der Waals surface area contributed by atoms with Crippen molar-refractivity contribution in [3.63, 3.8) is 0 Å². The molecule has 23 heavy (non-hydrogen) atoms. The van der Waals surface area contributed by atoms with Crippen molar-refractivity contribution in [3.05, 3.63) is 66.3 Å². The molecule has 0 aliphatic heterocycles. The molecule has 5 heteroatoms. The summed E-state index contributed by atoms with van der Waals surface area (Å²) < 4.78 is 0. The summed E-state index contributed by atoms with van der Waals surface area (Å²) in [5.41, 5.74) is 4.09. The minimum atomic E-state index is -0.182. The average Bonchev–Trinajstić information content (AvgIpc) is 3.06. The number of amides is 1. The molecule has 2 heterocycles. The van der Waals surface area contributed by atoms with Gasteiger partial charge in [0.2, 0.25) is 0 Å². The molecule has 2 aromatic heterocycles. The molecule has 0 saturated carbocycles. The first-order valence-electron chi connectivity index (χ1n) is 7.07. The third kappa shape index (κ3) is 3.52. The molecule has 3 aromatic rings. The number of nitrogens with zero attached hydrogens (tertiary/aromatic N) is 2. The molecule has 0 aliphatic carbocycles. The van der Waals surface area contributed by atoms with Crippen molar-refractivity contribution >= 4 is 22.9 Å². The summed E-state index contributed by atoms with van der Waals surface area (Å²) in [6, 6.07) is 11.5. The van der Waals surface area contributed by atoms with Crippen LogP contribution in [0.15, 0.2) is 66.3 Å². The molecule has 0 fully saturated rings. The van der Waals surface area contributed by atoms with Gasteiger partial charge in [-0.3, -0.25) is 9.78 Å². The van der Waals surface area contributed by atoms with Crippen LogP contribution in [0, 0.1) is 0 Å². The summed E-state index contributed by atoms with van der Waals surface area (Å²) >= 11 is 1.58. The first kappa shape index (κ1) is 15.1. The highest BCUT2D eigenvalue weighted by atomic mass is 32.1. The largest absolute Gasteiger partial charge is 0.322 e. The fourth-order valence-corrected chi connectivity index (χ4v) is 2.86. The quantitative estimate of drug-likeness (QED) is 0.725. The number of aromatic nitrogens is 2. The van der Waals surface area contributed by atoms with Gasteiger partial charge in [-0.15, -0.1) is 11.3 Å². The number of carbonyl (C=O) groups is 1. The van der Waals surface area contributed by atoms with Crippen LogP contribution >= 0.6 is 11.3 Å². The van der Waals surface area contributed by atoms with Gasteiger partial charge in [-0.2, -0.15) is 0 Å². The number of nitrogens with one attached hydrogen (secondary N) is 1. The second-order valence-electron chi connectivity index (χ2n) is 5.09. The Morgan fingerprint density at radius 3 is 2.70 bits per heavy atom. The van der Waals surface area contributed by atoms with Gasteiger partial charge in [-0.05, 0) is 31.2 Å². The maximum absolute atomic E-state index is 11.7. The lowest BCUT2D eigenvalue weighted by molar-refractivity contribution is -0.112. The lowest BCUT2D eigenvalue weighted by Crippen LogP contribution is -2.11. The van der Waals surface area contributed by atoms with Crippen molar-refractivity contribution in [2.24, 2.45) is 0 Å². The van der Waals surface area contributed by atoms with Gasteiger partial charge in [0.1, 0.15) is 5.01 Å². The molecular formula is C18H15N3OS. The van der Waals surface area contributed by atoms with E-state index in [0.29, 0.717) is 5.57 Å². The third-order valence-corrected chi connectivity index (χ3v) is 4.13. The summed E-state index contributed by atoms with van der Waals surface area (Å²) in [6.07, 6.45) is 3.51. The Labute approximate surface area is 138 Å². The van der Waals surface area contributed by atoms with E-state index in [9.17, 15) is 4.79 Å². The number of thiazole rings is 1. The molecule has 0 spiro atoms. The Bertz CT molecular complexity index is 855. The average molecular weight is 321 g/mol. The lowest BCUT2D eigenvalue weighted by Gasteiger charge is -2.06. The molecule has 1 amide bonds. The number of hydrogen-bond donors (Lipinski definition) is 1. The van der Waals surface area contributed by atoms with Crippen molar-refractivity contribution in [3.8, 4) is 21.8 Å². The maximum atomic E-state index is 11.7. The van der Waals surface area contributed by atoms with Crippen molar-refractivity contribution in [2.45, 2.75) is 6.92 Å². The number of carbonyl (C=O) groups excluding carboxylic acids is 1. The molecule has 114 valence electrons. The minimum absolute atomic E-state index is 0.182. The Balaban J connectivity index is 1.87. The fourth-order valence-electron chi connectivity index (χ4n) is 2.03. The Hall–Kier alpha value is -2.79. The Morgan fingerprint density at radius 2 is 1.96 bits per heavy atom. The minimum Gasteiger partial charge on any atom is -0.322 e. The van der Waals surface area contributed by atoms with Crippen LogP contribution in [0.3, 0.4) is 0 Å². The molecule has 1 N–H and O–H groups in total. The number of pyridine rings is 1. The van der Waals surface area contributed by atoms with Gasteiger partial charge in [0.15, 0.2) is 0 Å². The monoisotopic (exact) mass is 321 g/mol. The predicted octanol–water partition coefficient (Wildman–Crippen LogP) is 4.39. The van der Waals surface area contributed by atoms with Crippen molar-refractivity contribution < 1.29 is 4.79 Å². The van der Waals surface area contributed by atoms with Gasteiger partial charge in [0.05, 0.1) is 5.69 Å². The van der Waals surface area contributed by atoms with E-state index in [4.69, 9.17) is 0 Å². The van der Waals surface area contributed by atoms with E-state index in [2.05, 4.69) is 21.9 Å². The number of rotatable bonds is 4. The van der Waals surface area contributed by atoms with Crippen LogP contribution in [0.1, 0.15) is 6.92 Å². The van der Waals surface area contributed by atoms with Crippen LogP contribution in [-0.2, 0) is 4.79 Å². The zero-order valence-corrected chi connectivity index (χ0v) is 13.4. The summed E-state index contributed by atoms with van der Waals surface area (Å²) in [4.78, 5) is 20.4. The predicted molar refractivity (Wildman–Crippen MR) is 94.2 cm³/mol. The van der Waals surface area contributed by atoms with Crippen LogP contribution in [0.2, 0.25) is 0 Å². The maximum Gasteiger partial charge on any atom is 0.250 e. The first-order chi connectivity index (χ1) is 11.1. The molecule has 1 aromatic carbocycles. The normalized spacial score (nSPS) is 10.3. The topological polar surface area (TPSA) is 54.9 Å². The third-order valence-electron chi connectivity index (χ3n) is 3.24. The van der Waals surface area contributed by atoms with Gasteiger partial charge in [0.25, 0.3) is 5.91 Å². The van der Waals surface area contributed by atoms with Crippen LogP contribution in [-0.4, -0.2) is 15.9 Å². The van der Waals surface area contributed by atoms with Crippen LogP contribution in [0.25, 0.3) is 21.8 Å². The zero-order valence-electron chi connectivity index (χ0n) is 12.6. The highest BCUT2D eigenvalue weighted by molar-refractivity contribution is 7.13. The number of hydrogen-bond acceptors (Lipinski definition) is 4. The standard InChI is InChI=1S/C18H15N3OS/c1-12(2)17(22)20-15-5-3-4-14(10-15)16-11-23-18(21-16)13-6-8-19-9-7-13/h3-11H,1H2,2H3,(H,20,22). The van der Waals surface area contributed by atoms with Crippen LogP contribution in [0.5, 0.6) is 0 Å². The molecule has 0 saturated heterocycles.